The number of hydrogen-bond donors (Lipinski definition) is 2. The van der Waals surface area contributed by atoms with Crippen molar-refractivity contribution in [3.63, 3.8) is 0 Å². The van der Waals surface area contributed by atoms with Gasteiger partial charge in [0, 0.05) is 73.0 Å². The summed E-state index contributed by atoms with van der Waals surface area (Å²) in [6, 6.07) is 5.62. The van der Waals surface area contributed by atoms with E-state index in [-0.39, 0.29) is 11.2 Å². The van der Waals surface area contributed by atoms with E-state index in [2.05, 4.69) is 34.4 Å². The maximum Gasteiger partial charge on any atom is 0.331 e. The molecule has 3 heterocycles. The molecule has 0 amide bonds. The predicted molar refractivity (Wildman–Crippen MR) is 235 cm³/mol. The molecule has 2 N–H and O–H groups in total. The van der Waals surface area contributed by atoms with Crippen molar-refractivity contribution in [3.8, 4) is 0 Å². The molecule has 0 saturated carbocycles. The lowest BCUT2D eigenvalue weighted by atomic mass is 10.1. The molecule has 0 aliphatic carbocycles. The van der Waals surface area contributed by atoms with E-state index in [9.17, 15) is 9.59 Å². The number of rotatable bonds is 32. The van der Waals surface area contributed by atoms with Crippen LogP contribution in [-0.4, -0.2) is 53.7 Å². The van der Waals surface area contributed by atoms with Crippen molar-refractivity contribution >= 4 is 35.2 Å². The Morgan fingerprint density at radius 1 is 0.509 bits per heavy atom. The zero-order chi connectivity index (χ0) is 39.5. The summed E-state index contributed by atoms with van der Waals surface area (Å²) in [6.45, 7) is 13.3. The van der Waals surface area contributed by atoms with Crippen molar-refractivity contribution in [1.29, 1.82) is 0 Å². The average molecular weight is 797 g/mol. The Morgan fingerprint density at radius 2 is 0.927 bits per heavy atom. The average Bonchev–Trinajstić information content (AvgIpc) is 3.15. The van der Waals surface area contributed by atoms with E-state index < -0.39 is 0 Å². The van der Waals surface area contributed by atoms with E-state index in [0.717, 1.165) is 96.5 Å². The molecule has 3 aromatic rings. The van der Waals surface area contributed by atoms with Crippen molar-refractivity contribution in [2.75, 3.05) is 35.2 Å². The number of aromatic nitrogens is 6. The second kappa shape index (κ2) is 28.5. The van der Waals surface area contributed by atoms with Crippen LogP contribution in [0.1, 0.15) is 159 Å². The second-order valence-corrected chi connectivity index (χ2v) is 17.1. The zero-order valence-electron chi connectivity index (χ0n) is 34.9. The number of aryl methyl sites for hydroxylation is 3. The minimum absolute atomic E-state index is 0.214. The summed E-state index contributed by atoms with van der Waals surface area (Å²) in [6.07, 6.45) is 24.2. The third kappa shape index (κ3) is 19.7. The Balaban J connectivity index is 1.35. The lowest BCUT2D eigenvalue weighted by molar-refractivity contribution is 0.509. The molecule has 3 aromatic heterocycles. The molecule has 10 nitrogen and oxygen atoms in total. The zero-order valence-corrected chi connectivity index (χ0v) is 36.6. The molecule has 3 rings (SSSR count). The standard InChI is InChI=1S/C43H72N8O2S2/c1-6-8-10-12-14-16-18-20-26-44-38-32-35(3)46-41(48-38)54-30-24-22-28-50-37(5)34-40(52)51(43(50)53)29-23-25-31-55-42-47-36(4)33-39(49-42)45-27-21-19-17-15-13-11-9-7-2/h32-34H,6-31H2,1-5H3,(H,44,46,48)(H,45,47,49). The fourth-order valence-electron chi connectivity index (χ4n) is 6.62. The second-order valence-electron chi connectivity index (χ2n) is 15.0. The van der Waals surface area contributed by atoms with Crippen LogP contribution in [0.5, 0.6) is 0 Å². The lowest BCUT2D eigenvalue weighted by Crippen LogP contribution is -2.40. The first-order valence-corrected chi connectivity index (χ1v) is 23.5. The summed E-state index contributed by atoms with van der Waals surface area (Å²) in [4.78, 5) is 44.9. The van der Waals surface area contributed by atoms with E-state index in [1.165, 1.54) is 94.5 Å². The molecular weight excluding hydrogens is 725 g/mol. The normalized spacial score (nSPS) is 11.4. The molecule has 0 unspecified atom stereocenters. The molecule has 0 atom stereocenters. The smallest absolute Gasteiger partial charge is 0.331 e. The van der Waals surface area contributed by atoms with Gasteiger partial charge in [-0.1, -0.05) is 127 Å². The highest BCUT2D eigenvalue weighted by atomic mass is 32.2. The summed E-state index contributed by atoms with van der Waals surface area (Å²) < 4.78 is 3.14. The van der Waals surface area contributed by atoms with Gasteiger partial charge in [0.1, 0.15) is 11.6 Å². The van der Waals surface area contributed by atoms with Gasteiger partial charge >= 0.3 is 5.69 Å². The third-order valence-corrected chi connectivity index (χ3v) is 11.7. The summed E-state index contributed by atoms with van der Waals surface area (Å²) in [5, 5.41) is 8.53. The van der Waals surface area contributed by atoms with Gasteiger partial charge in [-0.25, -0.2) is 24.7 Å². The largest absolute Gasteiger partial charge is 0.370 e. The molecule has 0 aliphatic heterocycles. The van der Waals surface area contributed by atoms with Gasteiger partial charge in [0.2, 0.25) is 0 Å². The van der Waals surface area contributed by atoms with Crippen LogP contribution in [0.4, 0.5) is 11.6 Å². The molecular formula is C43H72N8O2S2. The summed E-state index contributed by atoms with van der Waals surface area (Å²) in [7, 11) is 0. The van der Waals surface area contributed by atoms with Gasteiger partial charge in [0.25, 0.3) is 5.56 Å². The predicted octanol–water partition coefficient (Wildman–Crippen LogP) is 10.8. The van der Waals surface area contributed by atoms with E-state index in [0.29, 0.717) is 18.8 Å². The Kier molecular flexibility index (Phi) is 24.1. The summed E-state index contributed by atoms with van der Waals surface area (Å²) in [5.74, 6) is 3.48. The van der Waals surface area contributed by atoms with E-state index in [1.54, 1.807) is 34.2 Å². The number of nitrogens with one attached hydrogen (secondary N) is 2. The van der Waals surface area contributed by atoms with Crippen molar-refractivity contribution < 1.29 is 0 Å². The van der Waals surface area contributed by atoms with Crippen LogP contribution >= 0.6 is 23.5 Å². The lowest BCUT2D eigenvalue weighted by Gasteiger charge is -2.13. The minimum Gasteiger partial charge on any atom is -0.370 e. The summed E-state index contributed by atoms with van der Waals surface area (Å²) >= 11 is 3.29. The van der Waals surface area contributed by atoms with E-state index >= 15 is 0 Å². The van der Waals surface area contributed by atoms with Gasteiger partial charge in [0.05, 0.1) is 0 Å². The quantitative estimate of drug-likeness (QED) is 0.0359. The van der Waals surface area contributed by atoms with Crippen LogP contribution in [-0.2, 0) is 13.1 Å². The summed E-state index contributed by atoms with van der Waals surface area (Å²) in [5.41, 5.74) is 2.20. The Bertz CT molecular complexity index is 1610. The molecule has 55 heavy (non-hydrogen) atoms. The first kappa shape index (κ1) is 46.5. The number of thioether (sulfide) groups is 2. The van der Waals surface area contributed by atoms with Crippen LogP contribution in [0.3, 0.4) is 0 Å². The Hall–Kier alpha value is -2.86. The highest BCUT2D eigenvalue weighted by Crippen LogP contribution is 2.20. The first-order chi connectivity index (χ1) is 26.8. The van der Waals surface area contributed by atoms with Crippen molar-refractivity contribution in [3.05, 3.63) is 56.1 Å². The van der Waals surface area contributed by atoms with Crippen LogP contribution in [0, 0.1) is 20.8 Å². The van der Waals surface area contributed by atoms with Gasteiger partial charge in [0.15, 0.2) is 10.3 Å². The van der Waals surface area contributed by atoms with E-state index in [4.69, 9.17) is 9.97 Å². The Labute approximate surface area is 340 Å². The van der Waals surface area contributed by atoms with Gasteiger partial charge < -0.3 is 10.6 Å². The SMILES string of the molecule is CCCCCCCCCCNc1cc(C)nc(SCCCCn2c(C)cc(=O)n(CCCCSc3nc(C)cc(NCCCCCCCCCC)n3)c2=O)n1. The molecule has 0 aromatic carbocycles. The molecule has 0 fully saturated rings. The number of anilines is 2. The maximum absolute atomic E-state index is 13.4. The van der Waals surface area contributed by atoms with Crippen LogP contribution in [0.15, 0.2) is 38.1 Å². The fourth-order valence-corrected chi connectivity index (χ4v) is 8.42. The maximum atomic E-state index is 13.4. The van der Waals surface area contributed by atoms with Gasteiger partial charge in [-0.3, -0.25) is 13.9 Å². The topological polar surface area (TPSA) is 120 Å². The highest BCUT2D eigenvalue weighted by molar-refractivity contribution is 7.99. The van der Waals surface area contributed by atoms with Crippen molar-refractivity contribution in [2.24, 2.45) is 0 Å². The number of unbranched alkanes of at least 4 members (excludes halogenated alkanes) is 16. The van der Waals surface area contributed by atoms with Crippen LogP contribution < -0.4 is 21.9 Å². The first-order valence-electron chi connectivity index (χ1n) is 21.6. The fraction of sp³-hybridized carbons (Fsp3) is 0.721. The highest BCUT2D eigenvalue weighted by Gasteiger charge is 2.10. The third-order valence-electron chi connectivity index (χ3n) is 9.84. The Morgan fingerprint density at radius 3 is 1.38 bits per heavy atom. The molecule has 0 spiro atoms. The molecule has 308 valence electrons. The van der Waals surface area contributed by atoms with Crippen molar-refractivity contribution in [2.45, 2.75) is 186 Å². The number of hydrogen-bond acceptors (Lipinski definition) is 10. The molecule has 12 heteroatoms. The van der Waals surface area contributed by atoms with Crippen LogP contribution in [0.2, 0.25) is 0 Å². The van der Waals surface area contributed by atoms with Gasteiger partial charge in [-0.15, -0.1) is 0 Å². The number of nitrogens with zero attached hydrogens (tertiary/aromatic N) is 6. The minimum atomic E-state index is -0.223. The van der Waals surface area contributed by atoms with Crippen molar-refractivity contribution in [1.82, 2.24) is 29.1 Å². The molecule has 0 saturated heterocycles. The molecule has 0 bridgehead atoms. The molecule has 0 radical (unpaired) electrons. The van der Waals surface area contributed by atoms with Crippen LogP contribution in [0.25, 0.3) is 0 Å². The van der Waals surface area contributed by atoms with Gasteiger partial charge in [-0.2, -0.15) is 0 Å². The monoisotopic (exact) mass is 797 g/mol. The molecule has 0 aliphatic rings. The van der Waals surface area contributed by atoms with E-state index in [1.807, 2.05) is 32.9 Å². The van der Waals surface area contributed by atoms with Gasteiger partial charge in [-0.05, 0) is 59.3 Å².